The Balaban J connectivity index is 1.89. The van der Waals surface area contributed by atoms with Crippen molar-refractivity contribution >= 4 is 22.4 Å². The number of aliphatic carboxylic acids is 1. The zero-order valence-electron chi connectivity index (χ0n) is 12.7. The van der Waals surface area contributed by atoms with Gasteiger partial charge in [0.2, 0.25) is 0 Å². The molecule has 0 bridgehead atoms. The van der Waals surface area contributed by atoms with Crippen molar-refractivity contribution in [3.05, 3.63) is 41.6 Å². The SMILES string of the molecule is CCCN1CC(C(=O)O)C=C2c3cccc4[nH]cc(c34)CC21. The molecule has 0 spiro atoms. The number of hydrogen-bond acceptors (Lipinski definition) is 2. The summed E-state index contributed by atoms with van der Waals surface area (Å²) in [5, 5.41) is 10.8. The van der Waals surface area contributed by atoms with E-state index in [4.69, 9.17) is 0 Å². The van der Waals surface area contributed by atoms with Gasteiger partial charge in [0.05, 0.1) is 5.92 Å². The minimum absolute atomic E-state index is 0.310. The Hall–Kier alpha value is -2.07. The summed E-state index contributed by atoms with van der Waals surface area (Å²) in [6, 6.07) is 6.58. The summed E-state index contributed by atoms with van der Waals surface area (Å²) in [5.74, 6) is -1.13. The van der Waals surface area contributed by atoms with E-state index in [1.165, 1.54) is 22.1 Å². The van der Waals surface area contributed by atoms with E-state index < -0.39 is 11.9 Å². The molecule has 0 saturated carbocycles. The predicted octanol–water partition coefficient (Wildman–Crippen LogP) is 2.90. The first-order valence-corrected chi connectivity index (χ1v) is 7.97. The maximum absolute atomic E-state index is 11.5. The van der Waals surface area contributed by atoms with Crippen molar-refractivity contribution in [3.8, 4) is 0 Å². The topological polar surface area (TPSA) is 56.3 Å². The summed E-state index contributed by atoms with van der Waals surface area (Å²) in [6.07, 6.45) is 6.11. The molecule has 1 aromatic heterocycles. The third kappa shape index (κ3) is 1.91. The largest absolute Gasteiger partial charge is 0.481 e. The molecule has 2 aromatic rings. The van der Waals surface area contributed by atoms with E-state index in [2.05, 4.69) is 41.2 Å². The molecule has 2 N–H and O–H groups in total. The lowest BCUT2D eigenvalue weighted by atomic mass is 9.79. The Kier molecular flexibility index (Phi) is 3.08. The van der Waals surface area contributed by atoms with Crippen LogP contribution in [0.5, 0.6) is 0 Å². The first kappa shape index (κ1) is 13.6. The average Bonchev–Trinajstić information content (AvgIpc) is 2.93. The number of carbonyl (C=O) groups is 1. The van der Waals surface area contributed by atoms with Crippen molar-refractivity contribution in [2.75, 3.05) is 13.1 Å². The Morgan fingerprint density at radius 1 is 1.45 bits per heavy atom. The van der Waals surface area contributed by atoms with Gasteiger partial charge in [0, 0.05) is 29.7 Å². The predicted molar refractivity (Wildman–Crippen MR) is 86.8 cm³/mol. The Bertz CT molecular complexity index is 774. The number of benzene rings is 1. The quantitative estimate of drug-likeness (QED) is 0.915. The number of carboxylic acids is 1. The fourth-order valence-electron chi connectivity index (χ4n) is 4.01. The van der Waals surface area contributed by atoms with Gasteiger partial charge in [0.25, 0.3) is 0 Å². The first-order chi connectivity index (χ1) is 10.7. The van der Waals surface area contributed by atoms with Gasteiger partial charge in [-0.15, -0.1) is 0 Å². The molecule has 2 heterocycles. The molecule has 1 aromatic carbocycles. The Morgan fingerprint density at radius 2 is 2.32 bits per heavy atom. The highest BCUT2D eigenvalue weighted by Crippen LogP contribution is 2.41. The molecule has 2 atom stereocenters. The van der Waals surface area contributed by atoms with Gasteiger partial charge in [-0.1, -0.05) is 25.1 Å². The van der Waals surface area contributed by atoms with Gasteiger partial charge in [-0.3, -0.25) is 9.69 Å². The second-order valence-electron chi connectivity index (χ2n) is 6.32. The normalized spacial score (nSPS) is 24.1. The molecule has 0 fully saturated rings. The van der Waals surface area contributed by atoms with Crippen LogP contribution in [-0.4, -0.2) is 40.1 Å². The molecule has 0 amide bonds. The number of aromatic nitrogens is 1. The summed E-state index contributed by atoms with van der Waals surface area (Å²) >= 11 is 0. The molecule has 2 unspecified atom stereocenters. The van der Waals surface area contributed by atoms with E-state index in [1.807, 2.05) is 6.08 Å². The molecule has 22 heavy (non-hydrogen) atoms. The van der Waals surface area contributed by atoms with Crippen LogP contribution < -0.4 is 0 Å². The van der Waals surface area contributed by atoms with Crippen molar-refractivity contribution in [2.45, 2.75) is 25.8 Å². The lowest BCUT2D eigenvalue weighted by Gasteiger charge is -2.41. The van der Waals surface area contributed by atoms with E-state index in [9.17, 15) is 9.90 Å². The molecule has 0 saturated heterocycles. The van der Waals surface area contributed by atoms with E-state index >= 15 is 0 Å². The fourth-order valence-corrected chi connectivity index (χ4v) is 4.01. The smallest absolute Gasteiger partial charge is 0.311 e. The molecule has 4 heteroatoms. The average molecular weight is 296 g/mol. The van der Waals surface area contributed by atoms with E-state index in [0.717, 1.165) is 24.9 Å². The lowest BCUT2D eigenvalue weighted by molar-refractivity contribution is -0.140. The van der Waals surface area contributed by atoms with Crippen molar-refractivity contribution < 1.29 is 9.90 Å². The van der Waals surface area contributed by atoms with Gasteiger partial charge in [-0.25, -0.2) is 0 Å². The van der Waals surface area contributed by atoms with Crippen LogP contribution in [0.3, 0.4) is 0 Å². The summed E-state index contributed by atoms with van der Waals surface area (Å²) in [6.45, 7) is 3.72. The van der Waals surface area contributed by atoms with Gasteiger partial charge in [0.1, 0.15) is 0 Å². The first-order valence-electron chi connectivity index (χ1n) is 7.97. The fraction of sp³-hybridized carbons (Fsp3) is 0.389. The van der Waals surface area contributed by atoms with Crippen molar-refractivity contribution in [3.63, 3.8) is 0 Å². The molecule has 4 nitrogen and oxygen atoms in total. The van der Waals surface area contributed by atoms with Gasteiger partial charge in [-0.05, 0) is 42.2 Å². The van der Waals surface area contributed by atoms with Crippen LogP contribution in [0.2, 0.25) is 0 Å². The molecule has 2 aliphatic rings. The molecule has 4 rings (SSSR count). The van der Waals surface area contributed by atoms with Crippen LogP contribution in [0.1, 0.15) is 24.5 Å². The molecular weight excluding hydrogens is 276 g/mol. The number of rotatable bonds is 3. The third-order valence-corrected chi connectivity index (χ3v) is 4.95. The standard InChI is InChI=1S/C18H20N2O2/c1-2-6-20-10-12(18(21)22)7-14-13-4-3-5-15-17(13)11(9-19-15)8-16(14)20/h3-5,7,9,12,16,19H,2,6,8,10H2,1H3,(H,21,22). The van der Waals surface area contributed by atoms with Crippen molar-refractivity contribution in [1.29, 1.82) is 0 Å². The third-order valence-electron chi connectivity index (χ3n) is 4.95. The number of aromatic amines is 1. The number of nitrogens with one attached hydrogen (secondary N) is 1. The van der Waals surface area contributed by atoms with Gasteiger partial charge in [0.15, 0.2) is 0 Å². The van der Waals surface area contributed by atoms with Crippen LogP contribution in [0, 0.1) is 5.92 Å². The second-order valence-corrected chi connectivity index (χ2v) is 6.32. The summed E-state index contributed by atoms with van der Waals surface area (Å²) in [7, 11) is 0. The van der Waals surface area contributed by atoms with Crippen molar-refractivity contribution in [1.82, 2.24) is 9.88 Å². The highest BCUT2D eigenvalue weighted by molar-refractivity contribution is 5.99. The van der Waals surface area contributed by atoms with Gasteiger partial charge >= 0.3 is 5.97 Å². The van der Waals surface area contributed by atoms with Crippen LogP contribution in [-0.2, 0) is 11.2 Å². The highest BCUT2D eigenvalue weighted by Gasteiger charge is 2.36. The number of nitrogens with zero attached hydrogens (tertiary/aromatic N) is 1. The van der Waals surface area contributed by atoms with Gasteiger partial charge in [-0.2, -0.15) is 0 Å². The number of hydrogen-bond donors (Lipinski definition) is 2. The summed E-state index contributed by atoms with van der Waals surface area (Å²) < 4.78 is 0. The molecular formula is C18H20N2O2. The van der Waals surface area contributed by atoms with Crippen LogP contribution >= 0.6 is 0 Å². The van der Waals surface area contributed by atoms with Crippen molar-refractivity contribution in [2.24, 2.45) is 5.92 Å². The molecule has 0 radical (unpaired) electrons. The Morgan fingerprint density at radius 3 is 3.09 bits per heavy atom. The van der Waals surface area contributed by atoms with Crippen LogP contribution in [0.15, 0.2) is 30.5 Å². The van der Waals surface area contributed by atoms with Crippen LogP contribution in [0.25, 0.3) is 16.5 Å². The monoisotopic (exact) mass is 296 g/mol. The zero-order valence-corrected chi connectivity index (χ0v) is 12.7. The number of carboxylic acid groups (broad SMARTS) is 1. The van der Waals surface area contributed by atoms with E-state index in [1.54, 1.807) is 0 Å². The maximum atomic E-state index is 11.5. The van der Waals surface area contributed by atoms with Crippen LogP contribution in [0.4, 0.5) is 0 Å². The molecule has 114 valence electrons. The van der Waals surface area contributed by atoms with E-state index in [-0.39, 0.29) is 0 Å². The zero-order chi connectivity index (χ0) is 15.3. The van der Waals surface area contributed by atoms with Gasteiger partial charge < -0.3 is 10.1 Å². The molecule has 1 aliphatic heterocycles. The number of H-pyrrole nitrogens is 1. The summed E-state index contributed by atoms with van der Waals surface area (Å²) in [4.78, 5) is 17.2. The summed E-state index contributed by atoms with van der Waals surface area (Å²) in [5.41, 5.74) is 4.90. The highest BCUT2D eigenvalue weighted by atomic mass is 16.4. The molecule has 1 aliphatic carbocycles. The maximum Gasteiger partial charge on any atom is 0.311 e. The van der Waals surface area contributed by atoms with E-state index in [0.29, 0.717) is 12.6 Å². The minimum atomic E-state index is -0.723. The minimum Gasteiger partial charge on any atom is -0.481 e. The lowest BCUT2D eigenvalue weighted by Crippen LogP contribution is -2.46. The second kappa shape index (κ2) is 4.99. The number of fused-ring (bicyclic) bond motifs is 2. The Labute approximate surface area is 129 Å².